The third-order valence-corrected chi connectivity index (χ3v) is 4.14. The Morgan fingerprint density at radius 2 is 1.86 bits per heavy atom. The van der Waals surface area contributed by atoms with E-state index in [-0.39, 0.29) is 23.7 Å². The molecule has 1 fully saturated rings. The number of aromatic carboxylic acids is 1. The number of carbonyl (C=O) groups excluding carboxylic acids is 1. The molecular formula is C16H22N2O3. The van der Waals surface area contributed by atoms with Crippen LogP contribution >= 0.6 is 0 Å². The Bertz CT molecular complexity index is 546. The SMILES string of the molecule is Cc1cc(NC(=O)N2C(C)CCCC2C)ccc1C(=O)O. The molecule has 2 rings (SSSR count). The molecule has 1 heterocycles. The summed E-state index contributed by atoms with van der Waals surface area (Å²) in [6.07, 6.45) is 3.20. The lowest BCUT2D eigenvalue weighted by Crippen LogP contribution is -2.49. The van der Waals surface area contributed by atoms with Crippen LogP contribution in [-0.4, -0.2) is 34.1 Å². The van der Waals surface area contributed by atoms with Gasteiger partial charge in [-0.2, -0.15) is 0 Å². The van der Waals surface area contributed by atoms with Crippen LogP contribution in [0.5, 0.6) is 0 Å². The van der Waals surface area contributed by atoms with E-state index in [0.29, 0.717) is 11.3 Å². The zero-order valence-corrected chi connectivity index (χ0v) is 12.7. The molecule has 1 aliphatic rings. The smallest absolute Gasteiger partial charge is 0.335 e. The zero-order chi connectivity index (χ0) is 15.6. The Morgan fingerprint density at radius 1 is 1.24 bits per heavy atom. The van der Waals surface area contributed by atoms with E-state index in [9.17, 15) is 9.59 Å². The molecule has 2 amide bonds. The lowest BCUT2D eigenvalue weighted by atomic mass is 9.98. The quantitative estimate of drug-likeness (QED) is 0.876. The number of hydrogen-bond donors (Lipinski definition) is 2. The summed E-state index contributed by atoms with van der Waals surface area (Å²) >= 11 is 0. The number of piperidine rings is 1. The van der Waals surface area contributed by atoms with Gasteiger partial charge in [0.05, 0.1) is 5.56 Å². The maximum atomic E-state index is 12.4. The summed E-state index contributed by atoms with van der Waals surface area (Å²) in [6, 6.07) is 5.20. The van der Waals surface area contributed by atoms with E-state index >= 15 is 0 Å². The van der Waals surface area contributed by atoms with Gasteiger partial charge < -0.3 is 15.3 Å². The van der Waals surface area contributed by atoms with Crippen LogP contribution in [-0.2, 0) is 0 Å². The number of likely N-dealkylation sites (tertiary alicyclic amines) is 1. The molecule has 0 aliphatic carbocycles. The van der Waals surface area contributed by atoms with Gasteiger partial charge in [0.1, 0.15) is 0 Å². The Kier molecular flexibility index (Phi) is 4.50. The van der Waals surface area contributed by atoms with Gasteiger partial charge in [-0.25, -0.2) is 9.59 Å². The second kappa shape index (κ2) is 6.16. The van der Waals surface area contributed by atoms with Crippen LogP contribution < -0.4 is 5.32 Å². The largest absolute Gasteiger partial charge is 0.478 e. The number of benzene rings is 1. The topological polar surface area (TPSA) is 69.6 Å². The summed E-state index contributed by atoms with van der Waals surface area (Å²) in [6.45, 7) is 5.85. The number of hydrogen-bond acceptors (Lipinski definition) is 2. The molecule has 1 aliphatic heterocycles. The monoisotopic (exact) mass is 290 g/mol. The number of carboxylic acids is 1. The van der Waals surface area contributed by atoms with E-state index < -0.39 is 5.97 Å². The molecular weight excluding hydrogens is 268 g/mol. The fraction of sp³-hybridized carbons (Fsp3) is 0.500. The van der Waals surface area contributed by atoms with E-state index in [0.717, 1.165) is 19.3 Å². The molecule has 114 valence electrons. The molecule has 5 nitrogen and oxygen atoms in total. The number of rotatable bonds is 2. The third-order valence-electron chi connectivity index (χ3n) is 4.14. The van der Waals surface area contributed by atoms with Gasteiger partial charge in [0.15, 0.2) is 0 Å². The lowest BCUT2D eigenvalue weighted by molar-refractivity contribution is 0.0696. The fourth-order valence-corrected chi connectivity index (χ4v) is 2.99. The lowest BCUT2D eigenvalue weighted by Gasteiger charge is -2.38. The van der Waals surface area contributed by atoms with Crippen molar-refractivity contribution in [1.82, 2.24) is 4.90 Å². The van der Waals surface area contributed by atoms with Crippen molar-refractivity contribution in [3.8, 4) is 0 Å². The van der Waals surface area contributed by atoms with Crippen LogP contribution in [0.4, 0.5) is 10.5 Å². The number of carbonyl (C=O) groups is 2. The van der Waals surface area contributed by atoms with Crippen molar-refractivity contribution in [2.45, 2.75) is 52.1 Å². The standard InChI is InChI=1S/C16H22N2O3/c1-10-9-13(7-8-14(10)15(19)20)17-16(21)18-11(2)5-4-6-12(18)3/h7-9,11-12H,4-6H2,1-3H3,(H,17,21)(H,19,20). The van der Waals surface area contributed by atoms with Crippen LogP contribution in [0.2, 0.25) is 0 Å². The van der Waals surface area contributed by atoms with E-state index in [1.165, 1.54) is 6.07 Å². The molecule has 1 saturated heterocycles. The number of nitrogens with one attached hydrogen (secondary N) is 1. The molecule has 2 unspecified atom stereocenters. The highest BCUT2D eigenvalue weighted by Crippen LogP contribution is 2.24. The van der Waals surface area contributed by atoms with Crippen LogP contribution in [0.15, 0.2) is 18.2 Å². The van der Waals surface area contributed by atoms with Crippen molar-refractivity contribution >= 4 is 17.7 Å². The number of amides is 2. The molecule has 1 aromatic carbocycles. The Labute approximate surface area is 125 Å². The molecule has 0 spiro atoms. The second-order valence-electron chi connectivity index (χ2n) is 5.80. The number of carboxylic acid groups (broad SMARTS) is 1. The van der Waals surface area contributed by atoms with Gasteiger partial charge in [0.25, 0.3) is 0 Å². The van der Waals surface area contributed by atoms with Crippen molar-refractivity contribution in [3.05, 3.63) is 29.3 Å². The van der Waals surface area contributed by atoms with Crippen molar-refractivity contribution < 1.29 is 14.7 Å². The molecule has 0 bridgehead atoms. The summed E-state index contributed by atoms with van der Waals surface area (Å²) in [4.78, 5) is 25.3. The van der Waals surface area contributed by atoms with Crippen molar-refractivity contribution in [2.75, 3.05) is 5.32 Å². The van der Waals surface area contributed by atoms with E-state index in [1.807, 2.05) is 4.90 Å². The highest BCUT2D eigenvalue weighted by Gasteiger charge is 2.28. The number of urea groups is 1. The maximum Gasteiger partial charge on any atom is 0.335 e. The van der Waals surface area contributed by atoms with E-state index in [4.69, 9.17) is 5.11 Å². The average molecular weight is 290 g/mol. The third kappa shape index (κ3) is 3.35. The molecule has 2 N–H and O–H groups in total. The number of aryl methyl sites for hydroxylation is 1. The average Bonchev–Trinajstić information content (AvgIpc) is 2.37. The summed E-state index contributed by atoms with van der Waals surface area (Å²) in [5.74, 6) is -0.955. The molecule has 0 aromatic heterocycles. The summed E-state index contributed by atoms with van der Waals surface area (Å²) in [5.41, 5.74) is 1.53. The van der Waals surface area contributed by atoms with Gasteiger partial charge >= 0.3 is 12.0 Å². The minimum Gasteiger partial charge on any atom is -0.478 e. The van der Waals surface area contributed by atoms with Gasteiger partial charge in [0, 0.05) is 17.8 Å². The normalized spacial score (nSPS) is 22.0. The molecule has 0 saturated carbocycles. The molecule has 1 aromatic rings. The maximum absolute atomic E-state index is 12.4. The van der Waals surface area contributed by atoms with Crippen molar-refractivity contribution in [1.29, 1.82) is 0 Å². The minimum absolute atomic E-state index is 0.114. The first-order chi connectivity index (χ1) is 9.90. The minimum atomic E-state index is -0.955. The van der Waals surface area contributed by atoms with Crippen LogP contribution in [0.3, 0.4) is 0 Å². The molecule has 21 heavy (non-hydrogen) atoms. The predicted octanol–water partition coefficient (Wildman–Crippen LogP) is 3.49. The van der Waals surface area contributed by atoms with Gasteiger partial charge in [-0.3, -0.25) is 0 Å². The summed E-state index contributed by atoms with van der Waals surface area (Å²) < 4.78 is 0. The van der Waals surface area contributed by atoms with Crippen molar-refractivity contribution in [3.63, 3.8) is 0 Å². The number of nitrogens with zero attached hydrogens (tertiary/aromatic N) is 1. The first-order valence-corrected chi connectivity index (χ1v) is 7.33. The van der Waals surface area contributed by atoms with Crippen molar-refractivity contribution in [2.24, 2.45) is 0 Å². The zero-order valence-electron chi connectivity index (χ0n) is 12.7. The van der Waals surface area contributed by atoms with Gasteiger partial charge in [0.2, 0.25) is 0 Å². The van der Waals surface area contributed by atoms with Crippen LogP contribution in [0.1, 0.15) is 49.0 Å². The fourth-order valence-electron chi connectivity index (χ4n) is 2.99. The highest BCUT2D eigenvalue weighted by molar-refractivity contribution is 5.93. The van der Waals surface area contributed by atoms with Crippen LogP contribution in [0, 0.1) is 6.92 Å². The second-order valence-corrected chi connectivity index (χ2v) is 5.80. The summed E-state index contributed by atoms with van der Waals surface area (Å²) in [5, 5.41) is 11.9. The predicted molar refractivity (Wildman–Crippen MR) is 81.8 cm³/mol. The Hall–Kier alpha value is -2.04. The molecule has 0 radical (unpaired) electrons. The first kappa shape index (κ1) is 15.4. The van der Waals surface area contributed by atoms with E-state index in [2.05, 4.69) is 19.2 Å². The highest BCUT2D eigenvalue weighted by atomic mass is 16.4. The first-order valence-electron chi connectivity index (χ1n) is 7.33. The van der Waals surface area contributed by atoms with E-state index in [1.54, 1.807) is 19.1 Å². The number of anilines is 1. The Balaban J connectivity index is 2.12. The van der Waals surface area contributed by atoms with Crippen LogP contribution in [0.25, 0.3) is 0 Å². The summed E-state index contributed by atoms with van der Waals surface area (Å²) in [7, 11) is 0. The Morgan fingerprint density at radius 3 is 2.38 bits per heavy atom. The molecule has 2 atom stereocenters. The van der Waals surface area contributed by atoms with Gasteiger partial charge in [-0.1, -0.05) is 0 Å². The van der Waals surface area contributed by atoms with Gasteiger partial charge in [-0.05, 0) is 63.8 Å². The molecule has 5 heteroatoms. The van der Waals surface area contributed by atoms with Gasteiger partial charge in [-0.15, -0.1) is 0 Å².